The van der Waals surface area contributed by atoms with Gasteiger partial charge in [-0.2, -0.15) is 5.26 Å². The lowest BCUT2D eigenvalue weighted by Crippen LogP contribution is -2.50. The Balaban J connectivity index is 1.38. The summed E-state index contributed by atoms with van der Waals surface area (Å²) in [6.45, 7) is 0. The number of carbonyl (C=O) groups excluding carboxylic acids is 1. The van der Waals surface area contributed by atoms with E-state index in [-0.39, 0.29) is 11.9 Å². The molecule has 0 unspecified atom stereocenters. The van der Waals surface area contributed by atoms with Gasteiger partial charge in [0.25, 0.3) is 0 Å². The summed E-state index contributed by atoms with van der Waals surface area (Å²) in [5.41, 5.74) is 2.84. The second kappa shape index (κ2) is 8.21. The van der Waals surface area contributed by atoms with Crippen LogP contribution in [0.15, 0.2) is 53.4 Å². The summed E-state index contributed by atoms with van der Waals surface area (Å²) in [6, 6.07) is 16.4. The van der Waals surface area contributed by atoms with Crippen molar-refractivity contribution in [1.82, 2.24) is 10.6 Å². The standard InChI is InChI=1S/C23H25N3O3S/c1-30(28,29)21-10-7-17(8-11-21)16-4-2-15(3-5-16)12-20(14-24)26-23(27)22-18-6-9-19(13-18)25-22/h2-5,7-8,10-11,18-20,22,25H,6,9,12-13H2,1H3,(H,26,27)/t18-,19+,20-,22-/m0/s1. The molecule has 156 valence electrons. The number of nitriles is 1. The van der Waals surface area contributed by atoms with Crippen LogP contribution in [0, 0.1) is 17.2 Å². The Morgan fingerprint density at radius 2 is 1.77 bits per heavy atom. The van der Waals surface area contributed by atoms with E-state index in [2.05, 4.69) is 16.7 Å². The van der Waals surface area contributed by atoms with Crippen molar-refractivity contribution in [3.63, 3.8) is 0 Å². The normalized spacial score (nSPS) is 23.7. The van der Waals surface area contributed by atoms with Crippen LogP contribution in [0.1, 0.15) is 24.8 Å². The monoisotopic (exact) mass is 423 g/mol. The fourth-order valence-electron chi connectivity index (χ4n) is 4.50. The van der Waals surface area contributed by atoms with Gasteiger partial charge in [0.05, 0.1) is 17.0 Å². The number of amides is 1. The molecule has 1 heterocycles. The van der Waals surface area contributed by atoms with Gasteiger partial charge in [0.15, 0.2) is 9.84 Å². The number of benzene rings is 2. The van der Waals surface area contributed by atoms with Crippen molar-refractivity contribution in [1.29, 1.82) is 5.26 Å². The second-order valence-electron chi connectivity index (χ2n) is 8.30. The van der Waals surface area contributed by atoms with E-state index in [0.29, 0.717) is 23.3 Å². The number of fused-ring (bicyclic) bond motifs is 2. The van der Waals surface area contributed by atoms with Gasteiger partial charge in [-0.05, 0) is 54.0 Å². The third kappa shape index (κ3) is 4.40. The fourth-order valence-corrected chi connectivity index (χ4v) is 5.13. The molecule has 2 N–H and O–H groups in total. The molecule has 2 aromatic rings. The Morgan fingerprint density at radius 1 is 1.13 bits per heavy atom. The predicted octanol–water partition coefficient (Wildman–Crippen LogP) is 2.45. The average molecular weight is 424 g/mol. The lowest BCUT2D eigenvalue weighted by molar-refractivity contribution is -0.124. The molecule has 2 bridgehead atoms. The zero-order valence-corrected chi connectivity index (χ0v) is 17.7. The Morgan fingerprint density at radius 3 is 2.27 bits per heavy atom. The minimum atomic E-state index is -3.21. The topological polar surface area (TPSA) is 99.1 Å². The minimum absolute atomic E-state index is 0.0728. The van der Waals surface area contributed by atoms with E-state index in [4.69, 9.17) is 0 Å². The first-order valence-electron chi connectivity index (χ1n) is 10.2. The van der Waals surface area contributed by atoms with Crippen molar-refractivity contribution in [3.05, 3.63) is 54.1 Å². The van der Waals surface area contributed by atoms with Crippen LogP contribution in [-0.2, 0) is 21.1 Å². The van der Waals surface area contributed by atoms with Gasteiger partial charge < -0.3 is 10.6 Å². The highest BCUT2D eigenvalue weighted by Gasteiger charge is 2.43. The molecule has 1 aliphatic heterocycles. The maximum Gasteiger partial charge on any atom is 0.238 e. The summed E-state index contributed by atoms with van der Waals surface area (Å²) in [5, 5.41) is 15.8. The number of carbonyl (C=O) groups is 1. The summed E-state index contributed by atoms with van der Waals surface area (Å²) < 4.78 is 23.2. The molecule has 7 heteroatoms. The largest absolute Gasteiger partial charge is 0.339 e. The molecule has 0 radical (unpaired) electrons. The fraction of sp³-hybridized carbons (Fsp3) is 0.391. The Hall–Kier alpha value is -2.69. The lowest BCUT2D eigenvalue weighted by Gasteiger charge is -2.23. The van der Waals surface area contributed by atoms with Crippen molar-refractivity contribution < 1.29 is 13.2 Å². The Kier molecular flexibility index (Phi) is 5.63. The van der Waals surface area contributed by atoms with E-state index in [1.807, 2.05) is 24.3 Å². The number of piperidine rings is 1. The van der Waals surface area contributed by atoms with Gasteiger partial charge in [-0.15, -0.1) is 0 Å². The average Bonchev–Trinajstić information content (AvgIpc) is 3.37. The van der Waals surface area contributed by atoms with Gasteiger partial charge >= 0.3 is 0 Å². The van der Waals surface area contributed by atoms with Crippen LogP contribution in [-0.4, -0.2) is 38.7 Å². The molecule has 6 nitrogen and oxygen atoms in total. The third-order valence-corrected chi connectivity index (χ3v) is 7.25. The summed E-state index contributed by atoms with van der Waals surface area (Å²) >= 11 is 0. The summed E-state index contributed by atoms with van der Waals surface area (Å²) in [4.78, 5) is 12.9. The predicted molar refractivity (Wildman–Crippen MR) is 114 cm³/mol. The molecule has 0 spiro atoms. The molecule has 1 saturated carbocycles. The van der Waals surface area contributed by atoms with Crippen LogP contribution < -0.4 is 10.6 Å². The third-order valence-electron chi connectivity index (χ3n) is 6.12. The lowest BCUT2D eigenvalue weighted by atomic mass is 9.98. The SMILES string of the molecule is CS(=O)(=O)c1ccc(-c2ccc(C[C@@H](C#N)NC(=O)[C@H]3N[C@@H]4CC[C@H]3C4)cc2)cc1. The minimum Gasteiger partial charge on any atom is -0.339 e. The van der Waals surface area contributed by atoms with Crippen molar-refractivity contribution in [3.8, 4) is 17.2 Å². The van der Waals surface area contributed by atoms with Crippen molar-refractivity contribution in [2.75, 3.05) is 6.26 Å². The molecule has 30 heavy (non-hydrogen) atoms. The van der Waals surface area contributed by atoms with Crippen molar-refractivity contribution in [2.45, 2.75) is 48.7 Å². The number of hydrogen-bond acceptors (Lipinski definition) is 5. The number of nitrogens with one attached hydrogen (secondary N) is 2. The molecule has 1 aliphatic carbocycles. The molecule has 0 aromatic heterocycles. The maximum atomic E-state index is 12.6. The van der Waals surface area contributed by atoms with Gasteiger partial charge in [-0.25, -0.2) is 8.42 Å². The zero-order valence-electron chi connectivity index (χ0n) is 16.8. The Bertz CT molecular complexity index is 1070. The van der Waals surface area contributed by atoms with Gasteiger partial charge in [-0.3, -0.25) is 4.79 Å². The van der Waals surface area contributed by atoms with E-state index in [1.54, 1.807) is 24.3 Å². The van der Waals surface area contributed by atoms with Crippen molar-refractivity contribution >= 4 is 15.7 Å². The van der Waals surface area contributed by atoms with E-state index >= 15 is 0 Å². The molecular formula is C23H25N3O3S. The molecule has 4 atom stereocenters. The number of rotatable bonds is 6. The van der Waals surface area contributed by atoms with E-state index in [1.165, 1.54) is 6.26 Å². The first-order chi connectivity index (χ1) is 14.3. The van der Waals surface area contributed by atoms with Crippen molar-refractivity contribution in [2.24, 2.45) is 5.92 Å². The van der Waals surface area contributed by atoms with E-state index in [0.717, 1.165) is 36.0 Å². The van der Waals surface area contributed by atoms with Crippen LogP contribution in [0.25, 0.3) is 11.1 Å². The summed E-state index contributed by atoms with van der Waals surface area (Å²) in [7, 11) is -3.21. The highest BCUT2D eigenvalue weighted by Crippen LogP contribution is 2.35. The van der Waals surface area contributed by atoms with Gasteiger partial charge in [0.2, 0.25) is 5.91 Å². The zero-order chi connectivity index (χ0) is 21.3. The molecule has 4 rings (SSSR count). The van der Waals surface area contributed by atoms with Gasteiger partial charge in [0, 0.05) is 18.7 Å². The second-order valence-corrected chi connectivity index (χ2v) is 10.3. The van der Waals surface area contributed by atoms with E-state index < -0.39 is 15.9 Å². The highest BCUT2D eigenvalue weighted by atomic mass is 32.2. The number of nitrogens with zero attached hydrogens (tertiary/aromatic N) is 1. The van der Waals surface area contributed by atoms with Gasteiger partial charge in [-0.1, -0.05) is 36.4 Å². The molecular weight excluding hydrogens is 398 g/mol. The quantitative estimate of drug-likeness (QED) is 0.744. The molecule has 2 fully saturated rings. The maximum absolute atomic E-state index is 12.6. The molecule has 2 aliphatic rings. The van der Waals surface area contributed by atoms with Crippen LogP contribution in [0.3, 0.4) is 0 Å². The van der Waals surface area contributed by atoms with Gasteiger partial charge in [0.1, 0.15) is 6.04 Å². The number of sulfone groups is 1. The summed E-state index contributed by atoms with van der Waals surface area (Å²) in [6.07, 6.45) is 4.91. The molecule has 2 aromatic carbocycles. The highest BCUT2D eigenvalue weighted by molar-refractivity contribution is 7.90. The smallest absolute Gasteiger partial charge is 0.238 e. The number of hydrogen-bond donors (Lipinski definition) is 2. The van der Waals surface area contributed by atoms with Crippen LogP contribution in [0.5, 0.6) is 0 Å². The first-order valence-corrected chi connectivity index (χ1v) is 12.1. The molecule has 1 amide bonds. The van der Waals surface area contributed by atoms with Crippen LogP contribution >= 0.6 is 0 Å². The van der Waals surface area contributed by atoms with Crippen LogP contribution in [0.2, 0.25) is 0 Å². The van der Waals surface area contributed by atoms with E-state index in [9.17, 15) is 18.5 Å². The summed E-state index contributed by atoms with van der Waals surface area (Å²) in [5.74, 6) is 0.319. The molecule has 1 saturated heterocycles. The van der Waals surface area contributed by atoms with Crippen LogP contribution in [0.4, 0.5) is 0 Å². The Labute approximate surface area is 177 Å². The first kappa shape index (κ1) is 20.6.